The number of rotatable bonds is 4. The van der Waals surface area contributed by atoms with E-state index in [1.807, 2.05) is 32.0 Å². The number of nitrogens with two attached hydrogens (primary N) is 1. The van der Waals surface area contributed by atoms with E-state index in [-0.39, 0.29) is 29.8 Å². The molecule has 1 aliphatic rings. The zero-order chi connectivity index (χ0) is 15.6. The zero-order valence-electron chi connectivity index (χ0n) is 13.4. The Balaban J connectivity index is 0.00000242. The van der Waals surface area contributed by atoms with Gasteiger partial charge in [0, 0.05) is 17.3 Å². The molecule has 2 rings (SSSR count). The van der Waals surface area contributed by atoms with Crippen molar-refractivity contribution in [2.45, 2.75) is 33.2 Å². The number of nitrogens with zero attached hydrogens (tertiary/aromatic N) is 1. The summed E-state index contributed by atoms with van der Waals surface area (Å²) in [7, 11) is 0. The smallest absolute Gasteiger partial charge is 0.241 e. The summed E-state index contributed by atoms with van der Waals surface area (Å²) >= 11 is 6.08. The van der Waals surface area contributed by atoms with Crippen LogP contribution in [-0.2, 0) is 4.79 Å². The Kier molecular flexibility index (Phi) is 6.68. The van der Waals surface area contributed by atoms with E-state index in [0.29, 0.717) is 11.6 Å². The Labute approximate surface area is 143 Å². The van der Waals surface area contributed by atoms with E-state index >= 15 is 0 Å². The number of nitrogens with one attached hydrogen (secondary N) is 1. The Morgan fingerprint density at radius 2 is 2.23 bits per heavy atom. The van der Waals surface area contributed by atoms with Crippen molar-refractivity contribution in [3.8, 4) is 0 Å². The molecule has 0 radical (unpaired) electrons. The van der Waals surface area contributed by atoms with Gasteiger partial charge in [-0.05, 0) is 56.5 Å². The molecule has 6 heteroatoms. The molecule has 0 bridgehead atoms. The molecule has 0 aromatic heterocycles. The summed E-state index contributed by atoms with van der Waals surface area (Å²) in [4.78, 5) is 14.6. The third-order valence-corrected chi connectivity index (χ3v) is 4.94. The van der Waals surface area contributed by atoms with E-state index < -0.39 is 0 Å². The first-order valence-electron chi connectivity index (χ1n) is 7.36. The largest absolute Gasteiger partial charge is 0.330 e. The Morgan fingerprint density at radius 3 is 2.82 bits per heavy atom. The third kappa shape index (κ3) is 4.13. The lowest BCUT2D eigenvalue weighted by molar-refractivity contribution is -0.120. The zero-order valence-corrected chi connectivity index (χ0v) is 14.9. The SMILES string of the molecule is Cc1c(Cl)cccc1NC(=O)C(C)N1CCC(C)(CN)C1.Cl. The highest BCUT2D eigenvalue weighted by Crippen LogP contribution is 2.30. The van der Waals surface area contributed by atoms with Gasteiger partial charge in [-0.15, -0.1) is 12.4 Å². The van der Waals surface area contributed by atoms with Crippen LogP contribution in [-0.4, -0.2) is 36.5 Å². The first kappa shape index (κ1) is 19.2. The summed E-state index contributed by atoms with van der Waals surface area (Å²) in [5.74, 6) is 0.00152. The van der Waals surface area contributed by atoms with Crippen LogP contribution in [0.5, 0.6) is 0 Å². The van der Waals surface area contributed by atoms with E-state index in [1.165, 1.54) is 0 Å². The van der Waals surface area contributed by atoms with Gasteiger partial charge in [-0.2, -0.15) is 0 Å². The van der Waals surface area contributed by atoms with Crippen molar-refractivity contribution in [1.82, 2.24) is 4.90 Å². The molecule has 2 atom stereocenters. The van der Waals surface area contributed by atoms with E-state index in [9.17, 15) is 4.79 Å². The van der Waals surface area contributed by atoms with Crippen molar-refractivity contribution in [1.29, 1.82) is 0 Å². The molecule has 0 saturated carbocycles. The van der Waals surface area contributed by atoms with Crippen LogP contribution in [0.15, 0.2) is 18.2 Å². The molecule has 1 saturated heterocycles. The van der Waals surface area contributed by atoms with Gasteiger partial charge in [-0.3, -0.25) is 9.69 Å². The molecule has 124 valence electrons. The maximum absolute atomic E-state index is 12.4. The molecule has 0 spiro atoms. The molecule has 22 heavy (non-hydrogen) atoms. The second kappa shape index (κ2) is 7.64. The number of hydrogen-bond acceptors (Lipinski definition) is 3. The average molecular weight is 346 g/mol. The van der Waals surface area contributed by atoms with Crippen molar-refractivity contribution >= 4 is 35.6 Å². The summed E-state index contributed by atoms with van der Waals surface area (Å²) in [6, 6.07) is 5.37. The van der Waals surface area contributed by atoms with Gasteiger partial charge in [-0.25, -0.2) is 0 Å². The normalized spacial score (nSPS) is 23.0. The quantitative estimate of drug-likeness (QED) is 0.881. The average Bonchev–Trinajstić information content (AvgIpc) is 2.86. The summed E-state index contributed by atoms with van der Waals surface area (Å²) < 4.78 is 0. The van der Waals surface area contributed by atoms with Crippen molar-refractivity contribution < 1.29 is 4.79 Å². The Bertz CT molecular complexity index is 538. The van der Waals surface area contributed by atoms with Crippen LogP contribution >= 0.6 is 24.0 Å². The predicted octanol–water partition coefficient (Wildman–Crippen LogP) is 3.07. The van der Waals surface area contributed by atoms with Gasteiger partial charge in [-0.1, -0.05) is 24.6 Å². The van der Waals surface area contributed by atoms with Crippen LogP contribution < -0.4 is 11.1 Å². The van der Waals surface area contributed by atoms with E-state index in [0.717, 1.165) is 30.8 Å². The second-order valence-electron chi connectivity index (χ2n) is 6.31. The lowest BCUT2D eigenvalue weighted by Crippen LogP contribution is -2.42. The fraction of sp³-hybridized carbons (Fsp3) is 0.562. The molecule has 1 amide bonds. The number of benzene rings is 1. The minimum Gasteiger partial charge on any atom is -0.330 e. The monoisotopic (exact) mass is 345 g/mol. The van der Waals surface area contributed by atoms with Gasteiger partial charge in [0.15, 0.2) is 0 Å². The second-order valence-corrected chi connectivity index (χ2v) is 6.72. The van der Waals surface area contributed by atoms with Crippen molar-refractivity contribution in [2.75, 3.05) is 25.0 Å². The van der Waals surface area contributed by atoms with Crippen molar-refractivity contribution in [3.05, 3.63) is 28.8 Å². The molecule has 1 heterocycles. The van der Waals surface area contributed by atoms with E-state index in [4.69, 9.17) is 17.3 Å². The molecule has 0 aliphatic carbocycles. The van der Waals surface area contributed by atoms with Crippen LogP contribution in [0.3, 0.4) is 0 Å². The number of likely N-dealkylation sites (tertiary alicyclic amines) is 1. The Hall–Kier alpha value is -0.810. The van der Waals surface area contributed by atoms with Gasteiger partial charge >= 0.3 is 0 Å². The maximum atomic E-state index is 12.4. The summed E-state index contributed by atoms with van der Waals surface area (Å²) in [6.45, 7) is 8.47. The van der Waals surface area contributed by atoms with Crippen LogP contribution in [0.2, 0.25) is 5.02 Å². The van der Waals surface area contributed by atoms with Gasteiger partial charge in [0.25, 0.3) is 0 Å². The Morgan fingerprint density at radius 1 is 1.55 bits per heavy atom. The molecule has 3 N–H and O–H groups in total. The number of carbonyl (C=O) groups is 1. The molecule has 1 aromatic rings. The molecular formula is C16H25Cl2N3O. The standard InChI is InChI=1S/C16H24ClN3O.ClH/c1-11-13(17)5-4-6-14(11)19-15(21)12(2)20-8-7-16(3,9-18)10-20;/h4-6,12H,7-10,18H2,1-3H3,(H,19,21);1H. The van der Waals surface area contributed by atoms with E-state index in [2.05, 4.69) is 17.1 Å². The number of amides is 1. The molecule has 1 aromatic carbocycles. The third-order valence-electron chi connectivity index (χ3n) is 4.53. The van der Waals surface area contributed by atoms with Crippen molar-refractivity contribution in [3.63, 3.8) is 0 Å². The fourth-order valence-electron chi connectivity index (χ4n) is 2.71. The van der Waals surface area contributed by atoms with Crippen LogP contribution in [0, 0.1) is 12.3 Å². The number of halogens is 2. The van der Waals surface area contributed by atoms with Crippen molar-refractivity contribution in [2.24, 2.45) is 11.1 Å². The molecule has 2 unspecified atom stereocenters. The summed E-state index contributed by atoms with van der Waals surface area (Å²) in [5, 5.41) is 3.64. The number of carbonyl (C=O) groups excluding carboxylic acids is 1. The molecular weight excluding hydrogens is 321 g/mol. The highest BCUT2D eigenvalue weighted by molar-refractivity contribution is 6.31. The van der Waals surface area contributed by atoms with Gasteiger partial charge < -0.3 is 11.1 Å². The summed E-state index contributed by atoms with van der Waals surface area (Å²) in [5.41, 5.74) is 7.62. The minimum absolute atomic E-state index is 0. The lowest BCUT2D eigenvalue weighted by Gasteiger charge is -2.26. The van der Waals surface area contributed by atoms with E-state index in [1.54, 1.807) is 0 Å². The van der Waals surface area contributed by atoms with Gasteiger partial charge in [0.05, 0.1) is 6.04 Å². The predicted molar refractivity (Wildman–Crippen MR) is 94.9 cm³/mol. The van der Waals surface area contributed by atoms with Gasteiger partial charge in [0.1, 0.15) is 0 Å². The lowest BCUT2D eigenvalue weighted by atomic mass is 9.90. The number of anilines is 1. The molecule has 1 aliphatic heterocycles. The molecule has 1 fully saturated rings. The maximum Gasteiger partial charge on any atom is 0.241 e. The van der Waals surface area contributed by atoms with Crippen LogP contribution in [0.1, 0.15) is 25.8 Å². The summed E-state index contributed by atoms with van der Waals surface area (Å²) in [6.07, 6.45) is 1.04. The topological polar surface area (TPSA) is 58.4 Å². The van der Waals surface area contributed by atoms with Crippen LogP contribution in [0.25, 0.3) is 0 Å². The first-order chi connectivity index (χ1) is 9.86. The highest BCUT2D eigenvalue weighted by atomic mass is 35.5. The number of hydrogen-bond donors (Lipinski definition) is 2. The first-order valence-corrected chi connectivity index (χ1v) is 7.74. The van der Waals surface area contributed by atoms with Crippen LogP contribution in [0.4, 0.5) is 5.69 Å². The van der Waals surface area contributed by atoms with Gasteiger partial charge in [0.2, 0.25) is 5.91 Å². The molecule has 4 nitrogen and oxygen atoms in total. The fourth-order valence-corrected chi connectivity index (χ4v) is 2.88. The highest BCUT2D eigenvalue weighted by Gasteiger charge is 2.36. The minimum atomic E-state index is -0.170.